The molecular weight excluding hydrogens is 222 g/mol. The molecule has 2 nitrogen and oxygen atoms in total. The van der Waals surface area contributed by atoms with Gasteiger partial charge in [-0.2, -0.15) is 0 Å². The summed E-state index contributed by atoms with van der Waals surface area (Å²) in [6.45, 7) is 10.2. The first kappa shape index (κ1) is 15.2. The molecule has 2 heteroatoms. The average Bonchev–Trinajstić information content (AvgIpc) is 2.37. The van der Waals surface area contributed by atoms with Gasteiger partial charge in [0.05, 0.1) is 6.61 Å². The largest absolute Gasteiger partial charge is 0.380 e. The monoisotopic (exact) mass is 249 g/mol. The summed E-state index contributed by atoms with van der Waals surface area (Å²) in [5, 5.41) is 3.44. The van der Waals surface area contributed by atoms with Crippen LogP contribution in [0.3, 0.4) is 0 Å². The van der Waals surface area contributed by atoms with Crippen LogP contribution in [0.25, 0.3) is 0 Å². The van der Waals surface area contributed by atoms with E-state index in [9.17, 15) is 0 Å². The van der Waals surface area contributed by atoms with E-state index in [4.69, 9.17) is 4.74 Å². The second kappa shape index (κ2) is 9.12. The molecule has 0 aliphatic rings. The van der Waals surface area contributed by atoms with E-state index in [1.165, 1.54) is 11.1 Å². The number of benzene rings is 1. The van der Waals surface area contributed by atoms with Gasteiger partial charge in [-0.15, -0.1) is 0 Å². The summed E-state index contributed by atoms with van der Waals surface area (Å²) in [6.07, 6.45) is 2.25. The molecule has 0 radical (unpaired) electrons. The van der Waals surface area contributed by atoms with Gasteiger partial charge in [0, 0.05) is 19.7 Å². The van der Waals surface area contributed by atoms with Crippen molar-refractivity contribution in [2.75, 3.05) is 19.8 Å². The van der Waals surface area contributed by atoms with Gasteiger partial charge in [0.25, 0.3) is 0 Å². The Morgan fingerprint density at radius 3 is 2.50 bits per heavy atom. The first-order valence-corrected chi connectivity index (χ1v) is 7.09. The van der Waals surface area contributed by atoms with E-state index >= 15 is 0 Å². The van der Waals surface area contributed by atoms with E-state index in [0.717, 1.165) is 45.1 Å². The molecular formula is C16H27NO. The highest BCUT2D eigenvalue weighted by Crippen LogP contribution is 2.08. The van der Waals surface area contributed by atoms with Crippen molar-refractivity contribution in [2.24, 2.45) is 5.92 Å². The molecule has 0 saturated heterocycles. The van der Waals surface area contributed by atoms with Gasteiger partial charge in [-0.05, 0) is 29.9 Å². The molecule has 0 amide bonds. The van der Waals surface area contributed by atoms with Crippen molar-refractivity contribution in [2.45, 2.75) is 40.2 Å². The van der Waals surface area contributed by atoms with E-state index in [2.05, 4.69) is 50.4 Å². The maximum atomic E-state index is 5.58. The Kier molecular flexibility index (Phi) is 7.70. The second-order valence-corrected chi connectivity index (χ2v) is 5.09. The van der Waals surface area contributed by atoms with Gasteiger partial charge in [0.2, 0.25) is 0 Å². The molecule has 0 unspecified atom stereocenters. The molecule has 0 heterocycles. The lowest BCUT2D eigenvalue weighted by Gasteiger charge is -2.10. The maximum absolute atomic E-state index is 5.58. The zero-order valence-electron chi connectivity index (χ0n) is 12.0. The fourth-order valence-corrected chi connectivity index (χ4v) is 1.86. The van der Waals surface area contributed by atoms with Crippen molar-refractivity contribution in [1.29, 1.82) is 0 Å². The van der Waals surface area contributed by atoms with E-state index in [0.29, 0.717) is 0 Å². The van der Waals surface area contributed by atoms with E-state index in [-0.39, 0.29) is 0 Å². The van der Waals surface area contributed by atoms with E-state index in [1.54, 1.807) is 0 Å². The minimum atomic E-state index is 0.731. The average molecular weight is 249 g/mol. The minimum absolute atomic E-state index is 0.731. The zero-order valence-corrected chi connectivity index (χ0v) is 12.0. The third kappa shape index (κ3) is 6.18. The lowest BCUT2D eigenvalue weighted by molar-refractivity contribution is 0.125. The highest BCUT2D eigenvalue weighted by Gasteiger charge is 1.99. The van der Waals surface area contributed by atoms with Crippen LogP contribution in [-0.2, 0) is 17.7 Å². The van der Waals surface area contributed by atoms with Crippen LogP contribution in [0.1, 0.15) is 38.3 Å². The Morgan fingerprint density at radius 1 is 1.11 bits per heavy atom. The van der Waals surface area contributed by atoms with Crippen molar-refractivity contribution in [3.05, 3.63) is 35.4 Å². The number of ether oxygens (including phenoxy) is 1. The molecule has 0 fully saturated rings. The molecule has 0 aliphatic carbocycles. The molecule has 0 atom stereocenters. The summed E-state index contributed by atoms with van der Waals surface area (Å²) in [5.74, 6) is 0.731. The Balaban J connectivity index is 2.10. The molecule has 0 saturated carbocycles. The van der Waals surface area contributed by atoms with Gasteiger partial charge in [-0.1, -0.05) is 45.0 Å². The molecule has 0 aliphatic heterocycles. The third-order valence-electron chi connectivity index (χ3n) is 3.08. The van der Waals surface area contributed by atoms with Gasteiger partial charge in [-0.3, -0.25) is 0 Å². The zero-order chi connectivity index (χ0) is 13.2. The van der Waals surface area contributed by atoms with Gasteiger partial charge < -0.3 is 10.1 Å². The Bertz CT molecular complexity index is 323. The summed E-state index contributed by atoms with van der Waals surface area (Å²) in [4.78, 5) is 0. The molecule has 18 heavy (non-hydrogen) atoms. The van der Waals surface area contributed by atoms with Gasteiger partial charge in [0.1, 0.15) is 0 Å². The van der Waals surface area contributed by atoms with Crippen LogP contribution in [0.4, 0.5) is 0 Å². The van der Waals surface area contributed by atoms with Crippen LogP contribution < -0.4 is 5.32 Å². The number of hydrogen-bond donors (Lipinski definition) is 1. The third-order valence-corrected chi connectivity index (χ3v) is 3.08. The number of nitrogens with one attached hydrogen (secondary N) is 1. The smallest absolute Gasteiger partial charge is 0.0591 e. The van der Waals surface area contributed by atoms with Crippen LogP contribution in [0.15, 0.2) is 24.3 Å². The molecule has 1 rings (SSSR count). The van der Waals surface area contributed by atoms with Crippen LogP contribution in [0.5, 0.6) is 0 Å². The standard InChI is InChI=1S/C16H27NO/c1-4-15-7-5-6-8-16(15)13-17-10-12-18-11-9-14(2)3/h5-8,14,17H,4,9-13H2,1-3H3. The number of rotatable bonds is 9. The van der Waals surface area contributed by atoms with E-state index < -0.39 is 0 Å². The highest BCUT2D eigenvalue weighted by atomic mass is 16.5. The van der Waals surface area contributed by atoms with Crippen molar-refractivity contribution >= 4 is 0 Å². The molecule has 1 aromatic rings. The Morgan fingerprint density at radius 2 is 1.83 bits per heavy atom. The van der Waals surface area contributed by atoms with Crippen LogP contribution in [0.2, 0.25) is 0 Å². The van der Waals surface area contributed by atoms with Crippen molar-refractivity contribution < 1.29 is 4.74 Å². The van der Waals surface area contributed by atoms with Crippen LogP contribution >= 0.6 is 0 Å². The topological polar surface area (TPSA) is 21.3 Å². The molecule has 0 bridgehead atoms. The summed E-state index contributed by atoms with van der Waals surface area (Å²) in [5.41, 5.74) is 2.84. The summed E-state index contributed by atoms with van der Waals surface area (Å²) < 4.78 is 5.58. The van der Waals surface area contributed by atoms with Crippen LogP contribution in [0, 0.1) is 5.92 Å². The summed E-state index contributed by atoms with van der Waals surface area (Å²) in [6, 6.07) is 8.62. The lowest BCUT2D eigenvalue weighted by atomic mass is 10.1. The van der Waals surface area contributed by atoms with Crippen molar-refractivity contribution in [3.8, 4) is 0 Å². The SMILES string of the molecule is CCc1ccccc1CNCCOCCC(C)C. The highest BCUT2D eigenvalue weighted by molar-refractivity contribution is 5.26. The Hall–Kier alpha value is -0.860. The Labute approximate surface area is 112 Å². The summed E-state index contributed by atoms with van der Waals surface area (Å²) in [7, 11) is 0. The molecule has 1 aromatic carbocycles. The maximum Gasteiger partial charge on any atom is 0.0591 e. The second-order valence-electron chi connectivity index (χ2n) is 5.09. The first-order valence-electron chi connectivity index (χ1n) is 7.09. The van der Waals surface area contributed by atoms with E-state index in [1.807, 2.05) is 0 Å². The molecule has 102 valence electrons. The van der Waals surface area contributed by atoms with Gasteiger partial charge in [0.15, 0.2) is 0 Å². The fourth-order valence-electron chi connectivity index (χ4n) is 1.86. The van der Waals surface area contributed by atoms with Crippen LogP contribution in [-0.4, -0.2) is 19.8 Å². The molecule has 0 aromatic heterocycles. The minimum Gasteiger partial charge on any atom is -0.380 e. The molecule has 1 N–H and O–H groups in total. The lowest BCUT2D eigenvalue weighted by Crippen LogP contribution is -2.20. The normalized spacial score (nSPS) is 11.1. The predicted molar refractivity (Wildman–Crippen MR) is 77.8 cm³/mol. The van der Waals surface area contributed by atoms with Crippen molar-refractivity contribution in [3.63, 3.8) is 0 Å². The molecule has 0 spiro atoms. The number of aryl methyl sites for hydroxylation is 1. The van der Waals surface area contributed by atoms with Gasteiger partial charge >= 0.3 is 0 Å². The van der Waals surface area contributed by atoms with Crippen molar-refractivity contribution in [1.82, 2.24) is 5.32 Å². The first-order chi connectivity index (χ1) is 8.74. The predicted octanol–water partition coefficient (Wildman–Crippen LogP) is 3.40. The fraction of sp³-hybridized carbons (Fsp3) is 0.625. The quantitative estimate of drug-likeness (QED) is 0.677. The summed E-state index contributed by atoms with van der Waals surface area (Å²) >= 11 is 0. The number of hydrogen-bond acceptors (Lipinski definition) is 2. The van der Waals surface area contributed by atoms with Gasteiger partial charge in [-0.25, -0.2) is 0 Å².